The molecule has 1 saturated heterocycles. The first-order valence-corrected chi connectivity index (χ1v) is 9.13. The smallest absolute Gasteiger partial charge is 0.497 e. The fraction of sp³-hybridized carbons (Fsp3) is 0.550. The van der Waals surface area contributed by atoms with Gasteiger partial charge in [0, 0.05) is 23.1 Å². The van der Waals surface area contributed by atoms with Crippen molar-refractivity contribution in [2.45, 2.75) is 65.3 Å². The van der Waals surface area contributed by atoms with Crippen LogP contribution in [0.3, 0.4) is 0 Å². The van der Waals surface area contributed by atoms with Crippen LogP contribution >= 0.6 is 0 Å². The van der Waals surface area contributed by atoms with E-state index in [1.165, 1.54) is 4.57 Å². The Balaban J connectivity index is 2.11. The molecule has 6 nitrogen and oxygen atoms in total. The molecule has 0 atom stereocenters. The van der Waals surface area contributed by atoms with E-state index in [9.17, 15) is 4.79 Å². The number of carbonyl (C=O) groups is 1. The lowest BCUT2D eigenvalue weighted by molar-refractivity contribution is 0.00578. The number of hydrogen-bond donors (Lipinski definition) is 0. The summed E-state index contributed by atoms with van der Waals surface area (Å²) < 4.78 is 24.8. The Labute approximate surface area is 160 Å². The maximum Gasteiger partial charge on any atom is 0.497 e. The van der Waals surface area contributed by atoms with Crippen molar-refractivity contribution in [3.63, 3.8) is 0 Å². The van der Waals surface area contributed by atoms with Gasteiger partial charge in [0.1, 0.15) is 11.4 Å². The molecule has 2 aromatic rings. The Morgan fingerprint density at radius 2 is 1.70 bits per heavy atom. The van der Waals surface area contributed by atoms with Crippen molar-refractivity contribution in [1.29, 1.82) is 0 Å². The summed E-state index contributed by atoms with van der Waals surface area (Å²) in [4.78, 5) is 12.8. The summed E-state index contributed by atoms with van der Waals surface area (Å²) in [5.41, 5.74) is -0.0584. The van der Waals surface area contributed by atoms with Gasteiger partial charge in [0.25, 0.3) is 0 Å². The van der Waals surface area contributed by atoms with Crippen LogP contribution in [0.5, 0.6) is 5.75 Å². The van der Waals surface area contributed by atoms with E-state index in [0.717, 1.165) is 10.8 Å². The van der Waals surface area contributed by atoms with Crippen LogP contribution in [0.2, 0.25) is 0 Å². The molecule has 0 amide bonds. The van der Waals surface area contributed by atoms with Crippen molar-refractivity contribution in [3.05, 3.63) is 24.4 Å². The van der Waals surface area contributed by atoms with E-state index in [0.29, 0.717) is 11.3 Å². The summed E-state index contributed by atoms with van der Waals surface area (Å²) in [7, 11) is 1.02. The van der Waals surface area contributed by atoms with Gasteiger partial charge in [0.15, 0.2) is 0 Å². The van der Waals surface area contributed by atoms with E-state index in [4.69, 9.17) is 18.8 Å². The van der Waals surface area contributed by atoms with Crippen LogP contribution in [-0.2, 0) is 14.0 Å². The molecule has 0 radical (unpaired) electrons. The van der Waals surface area contributed by atoms with Crippen molar-refractivity contribution >= 4 is 29.6 Å². The summed E-state index contributed by atoms with van der Waals surface area (Å²) in [5, 5.41) is 0.861. The van der Waals surface area contributed by atoms with Crippen molar-refractivity contribution in [2.24, 2.45) is 0 Å². The number of methoxy groups -OCH3 is 1. The lowest BCUT2D eigenvalue weighted by atomic mass is 9.79. The normalized spacial score (nSPS) is 18.7. The second kappa shape index (κ2) is 6.28. The molecule has 146 valence electrons. The van der Waals surface area contributed by atoms with Gasteiger partial charge in [-0.25, -0.2) is 4.79 Å². The SMILES string of the molecule is COc1ccc2c(B3OC(C)(C)C(C)(C)O3)cn(C(=O)OC(C)(C)C)c2c1. The molecule has 1 fully saturated rings. The molecule has 0 saturated carbocycles. The maximum atomic E-state index is 12.8. The number of rotatable bonds is 2. The minimum absolute atomic E-state index is 0.455. The van der Waals surface area contributed by atoms with Crippen LogP contribution in [0, 0.1) is 0 Å². The van der Waals surface area contributed by atoms with Crippen LogP contribution in [0.4, 0.5) is 4.79 Å². The third kappa shape index (κ3) is 3.58. The highest BCUT2D eigenvalue weighted by atomic mass is 16.7. The molecule has 1 aromatic carbocycles. The summed E-state index contributed by atoms with van der Waals surface area (Å²) in [5.74, 6) is 0.658. The van der Waals surface area contributed by atoms with E-state index in [-0.39, 0.29) is 0 Å². The maximum absolute atomic E-state index is 12.8. The molecule has 27 heavy (non-hydrogen) atoms. The van der Waals surface area contributed by atoms with E-state index in [2.05, 4.69) is 0 Å². The second-order valence-electron chi connectivity index (χ2n) is 8.91. The molecule has 0 spiro atoms. The molecular formula is C20H28BNO5. The predicted octanol–water partition coefficient (Wildman–Crippen LogP) is 3.73. The molecule has 0 aliphatic carbocycles. The monoisotopic (exact) mass is 373 g/mol. The van der Waals surface area contributed by atoms with Crippen LogP contribution in [0.15, 0.2) is 24.4 Å². The standard InChI is InChI=1S/C20H28BNO5/c1-18(2,3)25-17(23)22-12-15(14-10-9-13(24-8)11-16(14)22)21-26-19(4,5)20(6,7)27-21/h9-12H,1-8H3. The third-order valence-electron chi connectivity index (χ3n) is 5.14. The zero-order valence-corrected chi connectivity index (χ0v) is 17.4. The van der Waals surface area contributed by atoms with Gasteiger partial charge in [0.05, 0.1) is 23.8 Å². The highest BCUT2D eigenvalue weighted by Crippen LogP contribution is 2.37. The first-order valence-electron chi connectivity index (χ1n) is 9.13. The molecule has 0 bridgehead atoms. The Bertz CT molecular complexity index is 862. The summed E-state index contributed by atoms with van der Waals surface area (Å²) >= 11 is 0. The van der Waals surface area contributed by atoms with Crippen LogP contribution in [0.25, 0.3) is 10.9 Å². The Kier molecular flexibility index (Phi) is 4.60. The highest BCUT2D eigenvalue weighted by Gasteiger charge is 2.52. The third-order valence-corrected chi connectivity index (χ3v) is 5.14. The first-order chi connectivity index (χ1) is 12.3. The largest absolute Gasteiger partial charge is 0.497 e. The summed E-state index contributed by atoms with van der Waals surface area (Å²) in [6, 6.07) is 5.58. The average Bonchev–Trinajstić information content (AvgIpc) is 2.99. The topological polar surface area (TPSA) is 58.9 Å². The number of hydrogen-bond acceptors (Lipinski definition) is 5. The van der Waals surface area contributed by atoms with Gasteiger partial charge >= 0.3 is 13.2 Å². The average molecular weight is 373 g/mol. The van der Waals surface area contributed by atoms with Crippen LogP contribution in [0.1, 0.15) is 48.5 Å². The van der Waals surface area contributed by atoms with Crippen molar-refractivity contribution in [2.75, 3.05) is 7.11 Å². The number of fused-ring (bicyclic) bond motifs is 1. The number of ether oxygens (including phenoxy) is 2. The lowest BCUT2D eigenvalue weighted by Crippen LogP contribution is -2.41. The Morgan fingerprint density at radius 1 is 1.11 bits per heavy atom. The highest BCUT2D eigenvalue weighted by molar-refractivity contribution is 6.65. The van der Waals surface area contributed by atoms with Gasteiger partial charge in [-0.1, -0.05) is 0 Å². The van der Waals surface area contributed by atoms with Gasteiger partial charge in [-0.05, 0) is 60.6 Å². The minimum Gasteiger partial charge on any atom is -0.497 e. The summed E-state index contributed by atoms with van der Waals surface area (Å²) in [6.45, 7) is 13.5. The number of nitrogens with zero attached hydrogens (tertiary/aromatic N) is 1. The molecule has 2 heterocycles. The Morgan fingerprint density at radius 3 is 2.22 bits per heavy atom. The van der Waals surface area contributed by atoms with Gasteiger partial charge in [-0.15, -0.1) is 0 Å². The number of benzene rings is 1. The van der Waals surface area contributed by atoms with Crippen molar-refractivity contribution in [1.82, 2.24) is 4.57 Å². The summed E-state index contributed by atoms with van der Waals surface area (Å²) in [6.07, 6.45) is 1.28. The molecule has 1 aliphatic heterocycles. The minimum atomic E-state index is -0.600. The van der Waals surface area contributed by atoms with Gasteiger partial charge in [-0.3, -0.25) is 4.57 Å². The van der Waals surface area contributed by atoms with Crippen LogP contribution in [-0.4, -0.2) is 41.7 Å². The molecule has 3 rings (SSSR count). The van der Waals surface area contributed by atoms with Crippen molar-refractivity contribution < 1.29 is 23.6 Å². The molecular weight excluding hydrogens is 345 g/mol. The van der Waals surface area contributed by atoms with E-state index >= 15 is 0 Å². The zero-order chi connectivity index (χ0) is 20.2. The van der Waals surface area contributed by atoms with Gasteiger partial charge in [0.2, 0.25) is 0 Å². The predicted molar refractivity (Wildman–Crippen MR) is 106 cm³/mol. The quantitative estimate of drug-likeness (QED) is 0.751. The van der Waals surface area contributed by atoms with Crippen LogP contribution < -0.4 is 10.2 Å². The zero-order valence-electron chi connectivity index (χ0n) is 17.4. The molecule has 1 aliphatic rings. The fourth-order valence-electron chi connectivity index (χ4n) is 2.98. The fourth-order valence-corrected chi connectivity index (χ4v) is 2.98. The van der Waals surface area contributed by atoms with E-state index in [1.54, 1.807) is 13.3 Å². The van der Waals surface area contributed by atoms with Crippen molar-refractivity contribution in [3.8, 4) is 5.75 Å². The lowest BCUT2D eigenvalue weighted by Gasteiger charge is -2.32. The number of aromatic nitrogens is 1. The molecule has 7 heteroatoms. The molecule has 0 unspecified atom stereocenters. The van der Waals surface area contributed by atoms with Gasteiger partial charge in [-0.2, -0.15) is 0 Å². The van der Waals surface area contributed by atoms with Gasteiger partial charge < -0.3 is 18.8 Å². The first kappa shape index (κ1) is 19.8. The molecule has 1 aromatic heterocycles. The van der Waals surface area contributed by atoms with E-state index in [1.807, 2.05) is 66.7 Å². The number of carbonyl (C=O) groups excluding carboxylic acids is 1. The molecule has 0 N–H and O–H groups in total. The Hall–Kier alpha value is -1.99. The van der Waals surface area contributed by atoms with E-state index < -0.39 is 30.0 Å². The second-order valence-corrected chi connectivity index (χ2v) is 8.91.